The number of hydrogen-bond acceptors (Lipinski definition) is 4. The number of urea groups is 1. The van der Waals surface area contributed by atoms with Gasteiger partial charge in [0, 0.05) is 23.5 Å². The lowest BCUT2D eigenvalue weighted by atomic mass is 10.2. The van der Waals surface area contributed by atoms with E-state index in [9.17, 15) is 9.59 Å². The smallest absolute Gasteiger partial charge is 0.319 e. The average molecular weight is 376 g/mol. The molecule has 2 aromatic carbocycles. The molecule has 3 amide bonds. The topological polar surface area (TPSA) is 101 Å². The van der Waals surface area contributed by atoms with Crippen LogP contribution in [0.25, 0.3) is 5.69 Å². The van der Waals surface area contributed by atoms with Gasteiger partial charge in [0.1, 0.15) is 6.33 Å². The summed E-state index contributed by atoms with van der Waals surface area (Å²) in [5, 5.41) is 16.1. The lowest BCUT2D eigenvalue weighted by Crippen LogP contribution is -2.29. The van der Waals surface area contributed by atoms with Gasteiger partial charge in [0.2, 0.25) is 0 Å². The highest BCUT2D eigenvalue weighted by atomic mass is 16.2. The van der Waals surface area contributed by atoms with E-state index in [1.54, 1.807) is 41.2 Å². The first-order chi connectivity index (χ1) is 13.7. The van der Waals surface area contributed by atoms with Crippen molar-refractivity contribution in [2.45, 2.75) is 6.54 Å². The number of benzene rings is 2. The molecule has 0 fully saturated rings. The van der Waals surface area contributed by atoms with Crippen molar-refractivity contribution in [3.63, 3.8) is 0 Å². The fraction of sp³-hybridized carbons (Fsp3) is 0.100. The normalized spacial score (nSPS) is 10.1. The van der Waals surface area contributed by atoms with Crippen molar-refractivity contribution >= 4 is 17.6 Å². The Bertz CT molecular complexity index is 950. The van der Waals surface area contributed by atoms with Crippen LogP contribution in [-0.4, -0.2) is 33.2 Å². The third kappa shape index (κ3) is 4.82. The van der Waals surface area contributed by atoms with E-state index in [1.165, 1.54) is 0 Å². The van der Waals surface area contributed by atoms with Crippen LogP contribution in [0.5, 0.6) is 0 Å². The summed E-state index contributed by atoms with van der Waals surface area (Å²) in [5.74, 6) is 0.409. The SMILES string of the molecule is C=CCNC(=O)c1ccc(NC(=O)NCc2nncn2-c2ccccc2)cc1. The van der Waals surface area contributed by atoms with Gasteiger partial charge >= 0.3 is 6.03 Å². The Morgan fingerprint density at radius 1 is 1.04 bits per heavy atom. The number of carbonyl (C=O) groups is 2. The molecule has 1 heterocycles. The number of para-hydroxylation sites is 1. The van der Waals surface area contributed by atoms with Crippen molar-refractivity contribution < 1.29 is 9.59 Å². The molecule has 0 spiro atoms. The predicted octanol–water partition coefficient (Wildman–Crippen LogP) is 2.50. The van der Waals surface area contributed by atoms with Crippen LogP contribution in [0.2, 0.25) is 0 Å². The van der Waals surface area contributed by atoms with E-state index in [2.05, 4.69) is 32.7 Å². The van der Waals surface area contributed by atoms with Crippen molar-refractivity contribution in [2.75, 3.05) is 11.9 Å². The largest absolute Gasteiger partial charge is 0.349 e. The van der Waals surface area contributed by atoms with Crippen LogP contribution in [0.15, 0.2) is 73.6 Å². The Morgan fingerprint density at radius 3 is 2.50 bits per heavy atom. The van der Waals surface area contributed by atoms with E-state index < -0.39 is 0 Å². The molecule has 0 saturated heterocycles. The van der Waals surface area contributed by atoms with Gasteiger partial charge in [0.05, 0.1) is 6.54 Å². The zero-order chi connectivity index (χ0) is 19.8. The van der Waals surface area contributed by atoms with Crippen molar-refractivity contribution in [2.24, 2.45) is 0 Å². The summed E-state index contributed by atoms with van der Waals surface area (Å²) in [7, 11) is 0. The number of nitrogens with one attached hydrogen (secondary N) is 3. The molecule has 28 heavy (non-hydrogen) atoms. The highest BCUT2D eigenvalue weighted by Gasteiger charge is 2.09. The maximum absolute atomic E-state index is 12.1. The Kier molecular flexibility index (Phi) is 6.14. The molecule has 0 atom stereocenters. The molecule has 0 bridgehead atoms. The van der Waals surface area contributed by atoms with Crippen molar-refractivity contribution in [1.29, 1.82) is 0 Å². The van der Waals surface area contributed by atoms with Gasteiger partial charge in [-0.15, -0.1) is 16.8 Å². The number of rotatable bonds is 7. The predicted molar refractivity (Wildman–Crippen MR) is 106 cm³/mol. The van der Waals surface area contributed by atoms with Gasteiger partial charge in [-0.05, 0) is 36.4 Å². The van der Waals surface area contributed by atoms with Crippen LogP contribution in [0, 0.1) is 0 Å². The van der Waals surface area contributed by atoms with Crippen LogP contribution in [0.3, 0.4) is 0 Å². The molecule has 142 valence electrons. The van der Waals surface area contributed by atoms with Gasteiger partial charge in [-0.2, -0.15) is 0 Å². The minimum Gasteiger partial charge on any atom is -0.349 e. The van der Waals surface area contributed by atoms with E-state index in [0.29, 0.717) is 23.6 Å². The number of nitrogens with zero attached hydrogens (tertiary/aromatic N) is 3. The van der Waals surface area contributed by atoms with E-state index in [1.807, 2.05) is 30.3 Å². The third-order valence-corrected chi connectivity index (χ3v) is 3.87. The van der Waals surface area contributed by atoms with Gasteiger partial charge in [0.25, 0.3) is 5.91 Å². The Balaban J connectivity index is 1.55. The first kappa shape index (κ1) is 18.8. The number of amides is 3. The lowest BCUT2D eigenvalue weighted by Gasteiger charge is -2.09. The fourth-order valence-corrected chi connectivity index (χ4v) is 2.49. The van der Waals surface area contributed by atoms with Crippen LogP contribution in [0.4, 0.5) is 10.5 Å². The highest BCUT2D eigenvalue weighted by molar-refractivity contribution is 5.95. The standard InChI is InChI=1S/C20H20N6O2/c1-2-12-21-19(27)15-8-10-16(11-9-15)24-20(28)22-13-18-25-23-14-26(18)17-6-4-3-5-7-17/h2-11,14H,1,12-13H2,(H,21,27)(H2,22,24,28). The molecule has 0 aliphatic heterocycles. The fourth-order valence-electron chi connectivity index (χ4n) is 2.49. The molecule has 0 aliphatic rings. The molecule has 8 heteroatoms. The molecular formula is C20H20N6O2. The van der Waals surface area contributed by atoms with Gasteiger partial charge in [-0.3, -0.25) is 9.36 Å². The zero-order valence-electron chi connectivity index (χ0n) is 15.1. The second kappa shape index (κ2) is 9.13. The molecular weight excluding hydrogens is 356 g/mol. The minimum atomic E-state index is -0.383. The van der Waals surface area contributed by atoms with E-state index in [4.69, 9.17) is 0 Å². The summed E-state index contributed by atoms with van der Waals surface area (Å²) in [6.45, 7) is 4.16. The molecule has 1 aromatic heterocycles. The molecule has 3 rings (SSSR count). The van der Waals surface area contributed by atoms with E-state index >= 15 is 0 Å². The number of aromatic nitrogens is 3. The van der Waals surface area contributed by atoms with Crippen LogP contribution in [-0.2, 0) is 6.54 Å². The third-order valence-electron chi connectivity index (χ3n) is 3.87. The molecule has 0 saturated carbocycles. The van der Waals surface area contributed by atoms with Gasteiger partial charge < -0.3 is 16.0 Å². The summed E-state index contributed by atoms with van der Waals surface area (Å²) < 4.78 is 1.80. The second-order valence-electron chi connectivity index (χ2n) is 5.84. The number of carbonyl (C=O) groups excluding carboxylic acids is 2. The van der Waals surface area contributed by atoms with Crippen molar-refractivity contribution in [3.8, 4) is 5.69 Å². The zero-order valence-corrected chi connectivity index (χ0v) is 15.1. The maximum Gasteiger partial charge on any atom is 0.319 e. The number of anilines is 1. The van der Waals surface area contributed by atoms with Crippen LogP contribution >= 0.6 is 0 Å². The van der Waals surface area contributed by atoms with Crippen LogP contribution in [0.1, 0.15) is 16.2 Å². The minimum absolute atomic E-state index is 0.198. The number of hydrogen-bond donors (Lipinski definition) is 3. The first-order valence-corrected chi connectivity index (χ1v) is 8.65. The molecule has 0 unspecified atom stereocenters. The Hall–Kier alpha value is -3.94. The van der Waals surface area contributed by atoms with Gasteiger partial charge in [0.15, 0.2) is 5.82 Å². The maximum atomic E-state index is 12.1. The molecule has 3 aromatic rings. The molecule has 3 N–H and O–H groups in total. The Labute approximate surface area is 162 Å². The van der Waals surface area contributed by atoms with Gasteiger partial charge in [-0.25, -0.2) is 4.79 Å². The summed E-state index contributed by atoms with van der Waals surface area (Å²) in [6.07, 6.45) is 3.21. The highest BCUT2D eigenvalue weighted by Crippen LogP contribution is 2.11. The summed E-state index contributed by atoms with van der Waals surface area (Å²) in [5.41, 5.74) is 1.99. The second-order valence-corrected chi connectivity index (χ2v) is 5.84. The first-order valence-electron chi connectivity index (χ1n) is 8.65. The van der Waals surface area contributed by atoms with Crippen molar-refractivity contribution in [3.05, 3.63) is 85.0 Å². The van der Waals surface area contributed by atoms with Crippen LogP contribution < -0.4 is 16.0 Å². The Morgan fingerprint density at radius 2 is 1.79 bits per heavy atom. The van der Waals surface area contributed by atoms with Gasteiger partial charge in [-0.1, -0.05) is 24.3 Å². The van der Waals surface area contributed by atoms with E-state index in [0.717, 1.165) is 5.69 Å². The monoisotopic (exact) mass is 376 g/mol. The average Bonchev–Trinajstić information content (AvgIpc) is 3.20. The van der Waals surface area contributed by atoms with E-state index in [-0.39, 0.29) is 18.5 Å². The van der Waals surface area contributed by atoms with Crippen molar-refractivity contribution in [1.82, 2.24) is 25.4 Å². The molecule has 8 nitrogen and oxygen atoms in total. The summed E-state index contributed by atoms with van der Waals surface area (Å²) in [4.78, 5) is 24.0. The molecule has 0 radical (unpaired) electrons. The summed E-state index contributed by atoms with van der Waals surface area (Å²) >= 11 is 0. The summed E-state index contributed by atoms with van der Waals surface area (Å²) in [6, 6.07) is 15.8. The molecule has 0 aliphatic carbocycles. The quantitative estimate of drug-likeness (QED) is 0.552. The lowest BCUT2D eigenvalue weighted by molar-refractivity contribution is 0.0958.